The monoisotopic (exact) mass is 269 g/mol. The van der Waals surface area contributed by atoms with E-state index in [1.807, 2.05) is 6.08 Å². The van der Waals surface area contributed by atoms with Gasteiger partial charge in [0.15, 0.2) is 0 Å². The van der Waals surface area contributed by atoms with Crippen LogP contribution in [0.15, 0.2) is 30.5 Å². The molecule has 108 valence electrons. The van der Waals surface area contributed by atoms with Crippen LogP contribution in [0.25, 0.3) is 0 Å². The summed E-state index contributed by atoms with van der Waals surface area (Å²) < 4.78 is 0. The van der Waals surface area contributed by atoms with Gasteiger partial charge in [-0.2, -0.15) is 0 Å². The van der Waals surface area contributed by atoms with Crippen molar-refractivity contribution < 1.29 is 0 Å². The highest BCUT2D eigenvalue weighted by atomic mass is 15.0. The third-order valence-electron chi connectivity index (χ3n) is 4.97. The lowest BCUT2D eigenvalue weighted by Gasteiger charge is -2.44. The first-order chi connectivity index (χ1) is 9.85. The van der Waals surface area contributed by atoms with E-state index in [4.69, 9.17) is 6.42 Å². The molecule has 0 spiro atoms. The van der Waals surface area contributed by atoms with Crippen molar-refractivity contribution in [3.05, 3.63) is 30.5 Å². The van der Waals surface area contributed by atoms with Crippen LogP contribution < -0.4 is 5.32 Å². The summed E-state index contributed by atoms with van der Waals surface area (Å²) >= 11 is 0. The van der Waals surface area contributed by atoms with Crippen molar-refractivity contribution in [3.63, 3.8) is 0 Å². The first-order valence-corrected chi connectivity index (χ1v) is 8.06. The van der Waals surface area contributed by atoms with Gasteiger partial charge in [0.05, 0.1) is 0 Å². The van der Waals surface area contributed by atoms with Crippen LogP contribution in [-0.2, 0) is 0 Å². The van der Waals surface area contributed by atoms with Crippen LogP contribution in [0.1, 0.15) is 51.4 Å². The van der Waals surface area contributed by atoms with Gasteiger partial charge >= 0.3 is 0 Å². The van der Waals surface area contributed by atoms with Crippen molar-refractivity contribution in [2.75, 3.05) is 0 Å². The van der Waals surface area contributed by atoms with Gasteiger partial charge in [-0.3, -0.25) is 0 Å². The maximum absolute atomic E-state index is 5.29. The van der Waals surface area contributed by atoms with Crippen LogP contribution in [0.4, 0.5) is 0 Å². The Bertz CT molecular complexity index is 408. The van der Waals surface area contributed by atoms with Gasteiger partial charge in [-0.15, -0.1) is 12.2 Å². The molecule has 1 N–H and O–H groups in total. The zero-order chi connectivity index (χ0) is 14.2. The van der Waals surface area contributed by atoms with Crippen LogP contribution in [0, 0.1) is 24.2 Å². The quantitative estimate of drug-likeness (QED) is 0.582. The lowest BCUT2D eigenvalue weighted by molar-refractivity contribution is 0.114. The maximum atomic E-state index is 5.29. The topological polar surface area (TPSA) is 12.0 Å². The fourth-order valence-electron chi connectivity index (χ4n) is 4.00. The van der Waals surface area contributed by atoms with Crippen molar-refractivity contribution in [2.24, 2.45) is 11.8 Å². The standard InChI is InChI=1S/C19H27N/c1-3-5-7-10-16-11-9-13-19-18(16)15-14-17(20-19)12-8-6-4-2/h1,5-7,16-20H,2,8-15H2/t16-,17-,18+,19-/m1/s1. The smallest absolute Gasteiger partial charge is 0.0101 e. The molecule has 1 aliphatic heterocycles. The van der Waals surface area contributed by atoms with Crippen LogP contribution in [-0.4, -0.2) is 12.1 Å². The summed E-state index contributed by atoms with van der Waals surface area (Å²) in [4.78, 5) is 0. The summed E-state index contributed by atoms with van der Waals surface area (Å²) in [6.07, 6.45) is 21.7. The lowest BCUT2D eigenvalue weighted by atomic mass is 9.69. The average Bonchev–Trinajstić information content (AvgIpc) is 2.48. The van der Waals surface area contributed by atoms with E-state index in [9.17, 15) is 0 Å². The Kier molecular flexibility index (Phi) is 6.19. The van der Waals surface area contributed by atoms with E-state index in [0.29, 0.717) is 6.04 Å². The Morgan fingerprint density at radius 2 is 2.15 bits per heavy atom. The molecule has 0 amide bonds. The van der Waals surface area contributed by atoms with E-state index in [2.05, 4.69) is 35.7 Å². The Hall–Kier alpha value is -1.22. The van der Waals surface area contributed by atoms with E-state index in [1.165, 1.54) is 38.5 Å². The SMILES string of the molecule is C#CC=CC[C@@H]1CCC[C@H]2N[C@H](CCC=C=C)CC[C@@H]12. The molecule has 2 rings (SSSR count). The highest BCUT2D eigenvalue weighted by Crippen LogP contribution is 2.39. The molecule has 2 aliphatic rings. The Morgan fingerprint density at radius 1 is 1.25 bits per heavy atom. The van der Waals surface area contributed by atoms with E-state index in [-0.39, 0.29) is 0 Å². The summed E-state index contributed by atoms with van der Waals surface area (Å²) in [5, 5.41) is 3.90. The molecule has 1 saturated heterocycles. The number of terminal acetylenes is 1. The number of rotatable bonds is 5. The van der Waals surface area contributed by atoms with Crippen LogP contribution in [0.2, 0.25) is 0 Å². The first kappa shape index (κ1) is 15.2. The molecule has 0 unspecified atom stereocenters. The molecule has 0 aromatic rings. The van der Waals surface area contributed by atoms with Crippen molar-refractivity contribution in [3.8, 4) is 12.3 Å². The van der Waals surface area contributed by atoms with Crippen LogP contribution in [0.5, 0.6) is 0 Å². The second-order valence-electron chi connectivity index (χ2n) is 6.19. The molecular weight excluding hydrogens is 242 g/mol. The third-order valence-corrected chi connectivity index (χ3v) is 4.97. The van der Waals surface area contributed by atoms with E-state index >= 15 is 0 Å². The second kappa shape index (κ2) is 8.15. The van der Waals surface area contributed by atoms with E-state index < -0.39 is 0 Å². The van der Waals surface area contributed by atoms with Gasteiger partial charge in [0.25, 0.3) is 0 Å². The van der Waals surface area contributed by atoms with Crippen LogP contribution in [0.3, 0.4) is 0 Å². The Labute approximate surface area is 124 Å². The fraction of sp³-hybridized carbons (Fsp3) is 0.632. The third kappa shape index (κ3) is 4.14. The number of allylic oxidation sites excluding steroid dienone is 3. The molecule has 2 fully saturated rings. The molecule has 4 atom stereocenters. The Balaban J connectivity index is 1.85. The van der Waals surface area contributed by atoms with E-state index in [0.717, 1.165) is 30.7 Å². The predicted octanol–water partition coefficient (Wildman–Crippen LogP) is 4.22. The number of hydrogen-bond donors (Lipinski definition) is 1. The largest absolute Gasteiger partial charge is 0.311 e. The van der Waals surface area contributed by atoms with Crippen molar-refractivity contribution in [1.82, 2.24) is 5.32 Å². The highest BCUT2D eigenvalue weighted by molar-refractivity contribution is 5.09. The molecule has 0 bridgehead atoms. The molecule has 1 heteroatoms. The van der Waals surface area contributed by atoms with Gasteiger partial charge in [-0.1, -0.05) is 25.0 Å². The zero-order valence-corrected chi connectivity index (χ0v) is 12.5. The number of nitrogens with one attached hydrogen (secondary N) is 1. The van der Waals surface area contributed by atoms with Gasteiger partial charge in [0, 0.05) is 12.1 Å². The van der Waals surface area contributed by atoms with Crippen LogP contribution >= 0.6 is 0 Å². The molecular formula is C19H27N. The minimum atomic E-state index is 0.695. The average molecular weight is 269 g/mol. The summed E-state index contributed by atoms with van der Waals surface area (Å²) in [5.41, 5.74) is 2.87. The number of fused-ring (bicyclic) bond motifs is 1. The van der Waals surface area contributed by atoms with Gasteiger partial charge in [0.1, 0.15) is 0 Å². The summed E-state index contributed by atoms with van der Waals surface area (Å²) in [7, 11) is 0. The summed E-state index contributed by atoms with van der Waals surface area (Å²) in [5.74, 6) is 4.30. The number of piperidine rings is 1. The van der Waals surface area contributed by atoms with Crippen molar-refractivity contribution in [1.29, 1.82) is 0 Å². The molecule has 20 heavy (non-hydrogen) atoms. The molecule has 0 aromatic heterocycles. The van der Waals surface area contributed by atoms with Crippen molar-refractivity contribution in [2.45, 2.75) is 63.5 Å². The molecule has 0 radical (unpaired) electrons. The first-order valence-electron chi connectivity index (χ1n) is 8.06. The summed E-state index contributed by atoms with van der Waals surface area (Å²) in [6.45, 7) is 3.63. The predicted molar refractivity (Wildman–Crippen MR) is 86.3 cm³/mol. The highest BCUT2D eigenvalue weighted by Gasteiger charge is 2.36. The van der Waals surface area contributed by atoms with E-state index in [1.54, 1.807) is 0 Å². The fourth-order valence-corrected chi connectivity index (χ4v) is 4.00. The second-order valence-corrected chi connectivity index (χ2v) is 6.19. The van der Waals surface area contributed by atoms with Gasteiger partial charge in [0.2, 0.25) is 0 Å². The van der Waals surface area contributed by atoms with Gasteiger partial charge in [-0.05, 0) is 68.9 Å². The Morgan fingerprint density at radius 3 is 2.95 bits per heavy atom. The minimum Gasteiger partial charge on any atom is -0.311 e. The molecule has 1 aliphatic carbocycles. The molecule has 1 saturated carbocycles. The minimum absolute atomic E-state index is 0.695. The molecule has 1 heterocycles. The zero-order valence-electron chi connectivity index (χ0n) is 12.5. The number of hydrogen-bond acceptors (Lipinski definition) is 1. The maximum Gasteiger partial charge on any atom is 0.0101 e. The molecule has 1 nitrogen and oxygen atoms in total. The summed E-state index contributed by atoms with van der Waals surface area (Å²) in [6, 6.07) is 1.43. The van der Waals surface area contributed by atoms with Gasteiger partial charge in [-0.25, -0.2) is 0 Å². The molecule has 0 aromatic carbocycles. The van der Waals surface area contributed by atoms with Gasteiger partial charge < -0.3 is 5.32 Å². The normalized spacial score (nSPS) is 33.1. The lowest BCUT2D eigenvalue weighted by Crippen LogP contribution is -2.51. The van der Waals surface area contributed by atoms with Crippen molar-refractivity contribution >= 4 is 0 Å².